The summed E-state index contributed by atoms with van der Waals surface area (Å²) in [7, 11) is 1.71. The number of hydrogen-bond acceptors (Lipinski definition) is 4. The molecule has 20 heavy (non-hydrogen) atoms. The summed E-state index contributed by atoms with van der Waals surface area (Å²) in [5.41, 5.74) is 4.85. The van der Waals surface area contributed by atoms with Crippen molar-refractivity contribution in [2.24, 2.45) is 11.8 Å². The quantitative estimate of drug-likeness (QED) is 0.625. The summed E-state index contributed by atoms with van der Waals surface area (Å²) < 4.78 is 7.48. The molecule has 0 saturated heterocycles. The number of nitrogens with two attached hydrogens (primary N) is 1. The van der Waals surface area contributed by atoms with Crippen LogP contribution in [0.3, 0.4) is 0 Å². The molecule has 0 fully saturated rings. The molecular weight excluding hydrogens is 252 g/mol. The van der Waals surface area contributed by atoms with Gasteiger partial charge in [0.05, 0.1) is 23.5 Å². The third kappa shape index (κ3) is 2.90. The van der Waals surface area contributed by atoms with Gasteiger partial charge in [0.2, 0.25) is 0 Å². The number of nitrogens with zero attached hydrogens (tertiary/aromatic N) is 2. The van der Waals surface area contributed by atoms with Gasteiger partial charge >= 0.3 is 0 Å². The Hall–Kier alpha value is -1.69. The predicted molar refractivity (Wildman–Crippen MR) is 79.3 cm³/mol. The molecule has 3 N–H and O–H groups in total. The third-order valence-corrected chi connectivity index (χ3v) is 3.43. The first-order valence-electron chi connectivity index (χ1n) is 6.77. The van der Waals surface area contributed by atoms with E-state index in [1.54, 1.807) is 13.3 Å². The number of para-hydroxylation sites is 1. The fourth-order valence-electron chi connectivity index (χ4n) is 2.48. The van der Waals surface area contributed by atoms with Crippen molar-refractivity contribution in [2.45, 2.75) is 26.0 Å². The Bertz CT molecular complexity index is 524. The van der Waals surface area contributed by atoms with Crippen LogP contribution in [-0.4, -0.2) is 23.0 Å². The Morgan fingerprint density at radius 3 is 2.45 bits per heavy atom. The van der Waals surface area contributed by atoms with E-state index in [0.717, 1.165) is 11.4 Å². The maximum atomic E-state index is 5.75. The number of hydrogen-bond donors (Lipinski definition) is 2. The highest BCUT2D eigenvalue weighted by Crippen LogP contribution is 2.25. The van der Waals surface area contributed by atoms with Gasteiger partial charge in [0.1, 0.15) is 0 Å². The van der Waals surface area contributed by atoms with Crippen molar-refractivity contribution >= 4 is 0 Å². The molecule has 5 nitrogen and oxygen atoms in total. The summed E-state index contributed by atoms with van der Waals surface area (Å²) in [6.07, 6.45) is 1.75. The highest BCUT2D eigenvalue weighted by Gasteiger charge is 2.28. The Labute approximate surface area is 119 Å². The van der Waals surface area contributed by atoms with Gasteiger partial charge in [0, 0.05) is 13.3 Å². The summed E-state index contributed by atoms with van der Waals surface area (Å²) in [5.74, 6) is 6.09. The van der Waals surface area contributed by atoms with Crippen molar-refractivity contribution < 1.29 is 4.74 Å². The molecule has 0 spiro atoms. The number of ether oxygens (including phenoxy) is 1. The van der Waals surface area contributed by atoms with Crippen LogP contribution in [0.15, 0.2) is 42.6 Å². The van der Waals surface area contributed by atoms with Gasteiger partial charge in [0.15, 0.2) is 0 Å². The molecule has 2 atom stereocenters. The second-order valence-electron chi connectivity index (χ2n) is 5.09. The summed E-state index contributed by atoms with van der Waals surface area (Å²) in [6, 6.07) is 11.8. The zero-order chi connectivity index (χ0) is 14.5. The second kappa shape index (κ2) is 6.65. The predicted octanol–water partition coefficient (Wildman–Crippen LogP) is 2.05. The molecule has 0 amide bonds. The molecule has 1 aromatic heterocycles. The van der Waals surface area contributed by atoms with Crippen LogP contribution in [0.5, 0.6) is 0 Å². The van der Waals surface area contributed by atoms with Gasteiger partial charge in [-0.25, -0.2) is 10.1 Å². The van der Waals surface area contributed by atoms with Crippen LogP contribution < -0.4 is 11.3 Å². The van der Waals surface area contributed by atoms with Crippen LogP contribution in [0.1, 0.15) is 25.6 Å². The van der Waals surface area contributed by atoms with Gasteiger partial charge in [0.25, 0.3) is 0 Å². The van der Waals surface area contributed by atoms with Crippen LogP contribution in [0.2, 0.25) is 0 Å². The smallest absolute Gasteiger partial charge is 0.0897 e. The number of nitrogens with one attached hydrogen (secondary N) is 1. The Balaban J connectivity index is 2.39. The highest BCUT2D eigenvalue weighted by atomic mass is 16.5. The molecule has 0 aliphatic heterocycles. The Kier molecular flexibility index (Phi) is 4.89. The van der Waals surface area contributed by atoms with E-state index in [1.165, 1.54) is 0 Å². The lowest BCUT2D eigenvalue weighted by Gasteiger charge is -2.28. The third-order valence-electron chi connectivity index (χ3n) is 3.43. The van der Waals surface area contributed by atoms with E-state index >= 15 is 0 Å². The van der Waals surface area contributed by atoms with E-state index in [2.05, 4.69) is 24.4 Å². The Morgan fingerprint density at radius 1 is 1.20 bits per heavy atom. The zero-order valence-corrected chi connectivity index (χ0v) is 12.2. The first kappa shape index (κ1) is 14.7. The lowest BCUT2D eigenvalue weighted by Crippen LogP contribution is -2.41. The van der Waals surface area contributed by atoms with Gasteiger partial charge in [-0.3, -0.25) is 5.84 Å². The van der Waals surface area contributed by atoms with Gasteiger partial charge in [-0.05, 0) is 24.1 Å². The molecule has 2 unspecified atom stereocenters. The largest absolute Gasteiger partial charge is 0.379 e. The first-order chi connectivity index (χ1) is 9.69. The number of hydrazine groups is 1. The molecule has 0 bridgehead atoms. The molecule has 2 aromatic rings. The van der Waals surface area contributed by atoms with E-state index in [1.807, 2.05) is 41.1 Å². The van der Waals surface area contributed by atoms with Gasteiger partial charge in [-0.1, -0.05) is 32.0 Å². The molecule has 0 radical (unpaired) electrons. The number of methoxy groups -OCH3 is 1. The van der Waals surface area contributed by atoms with E-state index in [9.17, 15) is 0 Å². The molecule has 5 heteroatoms. The van der Waals surface area contributed by atoms with Crippen molar-refractivity contribution in [2.75, 3.05) is 7.11 Å². The van der Waals surface area contributed by atoms with Crippen molar-refractivity contribution in [1.29, 1.82) is 0 Å². The second-order valence-corrected chi connectivity index (χ2v) is 5.09. The lowest BCUT2D eigenvalue weighted by molar-refractivity contribution is 0.0307. The van der Waals surface area contributed by atoms with Crippen LogP contribution in [0.4, 0.5) is 0 Å². The molecule has 2 rings (SSSR count). The monoisotopic (exact) mass is 274 g/mol. The summed E-state index contributed by atoms with van der Waals surface area (Å²) in [4.78, 5) is 0. The summed E-state index contributed by atoms with van der Waals surface area (Å²) in [6.45, 7) is 4.23. The summed E-state index contributed by atoms with van der Waals surface area (Å²) in [5, 5.41) is 4.40. The standard InChI is InChI=1S/C15H22N4O/c1-11(2)15(20-3)14(18-16)13-9-10-17-19(13)12-7-5-4-6-8-12/h4-11,14-15,18H,16H2,1-3H3. The topological polar surface area (TPSA) is 65.1 Å². The normalized spacial score (nSPS) is 14.4. The molecule has 0 aliphatic rings. The van der Waals surface area contributed by atoms with Gasteiger partial charge in [-0.15, -0.1) is 0 Å². The van der Waals surface area contributed by atoms with E-state index in [0.29, 0.717) is 5.92 Å². The molecule has 108 valence electrons. The van der Waals surface area contributed by atoms with Crippen LogP contribution in [0, 0.1) is 5.92 Å². The van der Waals surface area contributed by atoms with Gasteiger partial charge < -0.3 is 4.74 Å². The maximum Gasteiger partial charge on any atom is 0.0897 e. The maximum absolute atomic E-state index is 5.75. The average molecular weight is 274 g/mol. The average Bonchev–Trinajstić information content (AvgIpc) is 2.94. The first-order valence-corrected chi connectivity index (χ1v) is 6.77. The van der Waals surface area contributed by atoms with Crippen molar-refractivity contribution in [3.8, 4) is 5.69 Å². The van der Waals surface area contributed by atoms with Crippen molar-refractivity contribution in [1.82, 2.24) is 15.2 Å². The highest BCUT2D eigenvalue weighted by molar-refractivity contribution is 5.33. The fourth-order valence-corrected chi connectivity index (χ4v) is 2.48. The van der Waals surface area contributed by atoms with E-state index in [-0.39, 0.29) is 12.1 Å². The molecular formula is C15H22N4O. The Morgan fingerprint density at radius 2 is 1.90 bits per heavy atom. The van der Waals surface area contributed by atoms with E-state index < -0.39 is 0 Å². The van der Waals surface area contributed by atoms with E-state index in [4.69, 9.17) is 10.6 Å². The van der Waals surface area contributed by atoms with Crippen LogP contribution in [-0.2, 0) is 4.74 Å². The van der Waals surface area contributed by atoms with Crippen LogP contribution >= 0.6 is 0 Å². The lowest BCUT2D eigenvalue weighted by atomic mass is 9.97. The molecule has 0 aliphatic carbocycles. The van der Waals surface area contributed by atoms with Crippen LogP contribution in [0.25, 0.3) is 5.69 Å². The SMILES string of the molecule is COC(C(C)C)C(NN)c1ccnn1-c1ccccc1. The van der Waals surface area contributed by atoms with Crippen molar-refractivity contribution in [3.63, 3.8) is 0 Å². The minimum atomic E-state index is -0.122. The summed E-state index contributed by atoms with van der Waals surface area (Å²) >= 11 is 0. The fraction of sp³-hybridized carbons (Fsp3) is 0.400. The minimum absolute atomic E-state index is 0.0286. The van der Waals surface area contributed by atoms with Gasteiger partial charge in [-0.2, -0.15) is 5.10 Å². The number of benzene rings is 1. The number of aromatic nitrogens is 2. The van der Waals surface area contributed by atoms with Crippen molar-refractivity contribution in [3.05, 3.63) is 48.3 Å². The minimum Gasteiger partial charge on any atom is -0.379 e. The molecule has 1 aromatic carbocycles. The number of rotatable bonds is 6. The molecule has 0 saturated carbocycles. The zero-order valence-electron chi connectivity index (χ0n) is 12.2. The molecule has 1 heterocycles.